The maximum absolute atomic E-state index is 12.5. The van der Waals surface area contributed by atoms with Gasteiger partial charge in [-0.1, -0.05) is 11.6 Å². The standard InChI is InChI=1S/C14H15ClO4/c15-11-8-13-12(18-5-6-19-13)7-10(11)14(16)9-1-3-17-4-2-9/h7-9H,1-6H2. The Morgan fingerprint density at radius 2 is 1.68 bits per heavy atom. The van der Waals surface area contributed by atoms with E-state index in [1.807, 2.05) is 0 Å². The number of benzene rings is 1. The Morgan fingerprint density at radius 1 is 1.05 bits per heavy atom. The fourth-order valence-corrected chi connectivity index (χ4v) is 2.68. The minimum absolute atomic E-state index is 0.00573. The summed E-state index contributed by atoms with van der Waals surface area (Å²) < 4.78 is 16.2. The zero-order valence-corrected chi connectivity index (χ0v) is 11.2. The Morgan fingerprint density at radius 3 is 2.37 bits per heavy atom. The summed E-state index contributed by atoms with van der Waals surface area (Å²) in [4.78, 5) is 12.5. The maximum Gasteiger partial charge on any atom is 0.167 e. The molecule has 1 aromatic rings. The van der Waals surface area contributed by atoms with Gasteiger partial charge in [0.25, 0.3) is 0 Å². The van der Waals surface area contributed by atoms with Gasteiger partial charge in [0, 0.05) is 30.8 Å². The minimum atomic E-state index is -0.00573. The van der Waals surface area contributed by atoms with Crippen LogP contribution in [0.2, 0.25) is 5.02 Å². The number of Topliss-reactive ketones (excluding diaryl/α,β-unsaturated/α-hetero) is 1. The molecule has 0 radical (unpaired) electrons. The van der Waals surface area contributed by atoms with E-state index in [4.69, 9.17) is 25.8 Å². The molecular weight excluding hydrogens is 268 g/mol. The van der Waals surface area contributed by atoms with Crippen molar-refractivity contribution in [2.24, 2.45) is 5.92 Å². The quantitative estimate of drug-likeness (QED) is 0.783. The molecule has 0 saturated carbocycles. The summed E-state index contributed by atoms with van der Waals surface area (Å²) in [5.74, 6) is 1.28. The van der Waals surface area contributed by atoms with Gasteiger partial charge in [-0.25, -0.2) is 0 Å². The van der Waals surface area contributed by atoms with E-state index in [1.54, 1.807) is 12.1 Å². The van der Waals surface area contributed by atoms with Gasteiger partial charge in [-0.3, -0.25) is 4.79 Å². The molecule has 102 valence electrons. The molecule has 19 heavy (non-hydrogen) atoms. The molecule has 0 amide bonds. The SMILES string of the molecule is O=C(c1cc2c(cc1Cl)OCCO2)C1CCOCC1. The predicted molar refractivity (Wildman–Crippen MR) is 70.3 cm³/mol. The Balaban J connectivity index is 1.89. The first-order valence-electron chi connectivity index (χ1n) is 6.47. The van der Waals surface area contributed by atoms with E-state index in [9.17, 15) is 4.79 Å². The molecule has 0 spiro atoms. The lowest BCUT2D eigenvalue weighted by Crippen LogP contribution is -2.24. The van der Waals surface area contributed by atoms with Crippen molar-refractivity contribution in [2.45, 2.75) is 12.8 Å². The number of ketones is 1. The molecule has 0 unspecified atom stereocenters. The fourth-order valence-electron chi connectivity index (χ4n) is 2.43. The summed E-state index contributed by atoms with van der Waals surface area (Å²) in [6, 6.07) is 3.37. The number of carbonyl (C=O) groups excluding carboxylic acids is 1. The van der Waals surface area contributed by atoms with Crippen molar-refractivity contribution >= 4 is 17.4 Å². The van der Waals surface area contributed by atoms with Crippen molar-refractivity contribution in [1.29, 1.82) is 0 Å². The van der Waals surface area contributed by atoms with E-state index < -0.39 is 0 Å². The third-order valence-corrected chi connectivity index (χ3v) is 3.80. The molecule has 2 aliphatic rings. The highest BCUT2D eigenvalue weighted by atomic mass is 35.5. The van der Waals surface area contributed by atoms with Gasteiger partial charge in [0.1, 0.15) is 13.2 Å². The van der Waals surface area contributed by atoms with Crippen molar-refractivity contribution in [3.63, 3.8) is 0 Å². The van der Waals surface area contributed by atoms with Crippen LogP contribution in [0.4, 0.5) is 0 Å². The van der Waals surface area contributed by atoms with Crippen LogP contribution < -0.4 is 9.47 Å². The summed E-state index contributed by atoms with van der Waals surface area (Å²) >= 11 is 6.19. The highest BCUT2D eigenvalue weighted by molar-refractivity contribution is 6.34. The van der Waals surface area contributed by atoms with Gasteiger partial charge in [-0.2, -0.15) is 0 Å². The molecule has 0 bridgehead atoms. The summed E-state index contributed by atoms with van der Waals surface area (Å²) in [5.41, 5.74) is 0.526. The third kappa shape index (κ3) is 2.55. The molecule has 1 saturated heterocycles. The number of hydrogen-bond acceptors (Lipinski definition) is 4. The van der Waals surface area contributed by atoms with Crippen molar-refractivity contribution in [2.75, 3.05) is 26.4 Å². The van der Waals surface area contributed by atoms with E-state index in [0.29, 0.717) is 48.5 Å². The molecule has 0 N–H and O–H groups in total. The van der Waals surface area contributed by atoms with Gasteiger partial charge in [0.05, 0.1) is 5.02 Å². The van der Waals surface area contributed by atoms with Gasteiger partial charge in [0.15, 0.2) is 17.3 Å². The molecular formula is C14H15ClO4. The van der Waals surface area contributed by atoms with Crippen LogP contribution in [0.15, 0.2) is 12.1 Å². The highest BCUT2D eigenvalue weighted by Gasteiger charge is 2.26. The third-order valence-electron chi connectivity index (χ3n) is 3.49. The first-order valence-corrected chi connectivity index (χ1v) is 6.84. The second kappa shape index (κ2) is 5.39. The Hall–Kier alpha value is -1.26. The Kier molecular flexibility index (Phi) is 3.62. The number of halogens is 1. The van der Waals surface area contributed by atoms with Gasteiger partial charge in [-0.05, 0) is 18.9 Å². The molecule has 5 heteroatoms. The van der Waals surface area contributed by atoms with Crippen LogP contribution in [0.25, 0.3) is 0 Å². The molecule has 1 fully saturated rings. The predicted octanol–water partition coefficient (Wildman–Crippen LogP) is 2.72. The smallest absolute Gasteiger partial charge is 0.167 e. The summed E-state index contributed by atoms with van der Waals surface area (Å²) in [6.07, 6.45) is 1.51. The number of fused-ring (bicyclic) bond motifs is 1. The van der Waals surface area contributed by atoms with Crippen LogP contribution >= 0.6 is 11.6 Å². The summed E-state index contributed by atoms with van der Waals surface area (Å²) in [5, 5.41) is 0.431. The van der Waals surface area contributed by atoms with Gasteiger partial charge in [-0.15, -0.1) is 0 Å². The van der Waals surface area contributed by atoms with Crippen LogP contribution in [0, 0.1) is 5.92 Å². The zero-order chi connectivity index (χ0) is 13.2. The molecule has 0 atom stereocenters. The first-order chi connectivity index (χ1) is 9.25. The molecule has 1 aromatic carbocycles. The van der Waals surface area contributed by atoms with E-state index in [0.717, 1.165) is 12.8 Å². The lowest BCUT2D eigenvalue weighted by Gasteiger charge is -2.23. The molecule has 2 aliphatic heterocycles. The monoisotopic (exact) mass is 282 g/mol. The van der Waals surface area contributed by atoms with Crippen LogP contribution in [0.3, 0.4) is 0 Å². The molecule has 2 heterocycles. The van der Waals surface area contributed by atoms with Crippen LogP contribution in [0.5, 0.6) is 11.5 Å². The average Bonchev–Trinajstić information content (AvgIpc) is 2.47. The normalized spacial score (nSPS) is 19.2. The first kappa shape index (κ1) is 12.8. The van der Waals surface area contributed by atoms with Crippen molar-refractivity contribution < 1.29 is 19.0 Å². The molecule has 0 aromatic heterocycles. The van der Waals surface area contributed by atoms with E-state index in [1.165, 1.54) is 0 Å². The number of hydrogen-bond donors (Lipinski definition) is 0. The van der Waals surface area contributed by atoms with Crippen LogP contribution in [-0.4, -0.2) is 32.2 Å². The summed E-state index contributed by atoms with van der Waals surface area (Å²) in [7, 11) is 0. The van der Waals surface area contributed by atoms with Gasteiger partial charge >= 0.3 is 0 Å². The number of carbonyl (C=O) groups is 1. The van der Waals surface area contributed by atoms with Crippen LogP contribution in [0.1, 0.15) is 23.2 Å². The molecule has 4 nitrogen and oxygen atoms in total. The number of ether oxygens (including phenoxy) is 3. The lowest BCUT2D eigenvalue weighted by molar-refractivity contribution is 0.0544. The largest absolute Gasteiger partial charge is 0.486 e. The Bertz CT molecular complexity index is 494. The zero-order valence-electron chi connectivity index (χ0n) is 10.5. The second-order valence-corrected chi connectivity index (χ2v) is 5.13. The maximum atomic E-state index is 12.5. The lowest BCUT2D eigenvalue weighted by atomic mass is 9.91. The second-order valence-electron chi connectivity index (χ2n) is 4.73. The van der Waals surface area contributed by atoms with E-state index in [-0.39, 0.29) is 11.7 Å². The van der Waals surface area contributed by atoms with Crippen molar-refractivity contribution in [3.8, 4) is 11.5 Å². The Labute approximate surface area is 116 Å². The highest BCUT2D eigenvalue weighted by Crippen LogP contribution is 2.37. The topological polar surface area (TPSA) is 44.8 Å². The number of rotatable bonds is 2. The van der Waals surface area contributed by atoms with E-state index >= 15 is 0 Å². The van der Waals surface area contributed by atoms with Gasteiger partial charge in [0.2, 0.25) is 0 Å². The van der Waals surface area contributed by atoms with Crippen molar-refractivity contribution in [1.82, 2.24) is 0 Å². The summed E-state index contributed by atoms with van der Waals surface area (Å²) in [6.45, 7) is 2.28. The van der Waals surface area contributed by atoms with Crippen LogP contribution in [-0.2, 0) is 4.74 Å². The van der Waals surface area contributed by atoms with Crippen molar-refractivity contribution in [3.05, 3.63) is 22.7 Å². The molecule has 0 aliphatic carbocycles. The average molecular weight is 283 g/mol. The van der Waals surface area contributed by atoms with E-state index in [2.05, 4.69) is 0 Å². The minimum Gasteiger partial charge on any atom is -0.486 e. The molecule has 3 rings (SSSR count). The fraction of sp³-hybridized carbons (Fsp3) is 0.500. The van der Waals surface area contributed by atoms with Gasteiger partial charge < -0.3 is 14.2 Å².